The molecule has 1 rings (SSSR count). The number of aliphatic hydroxyl groups excluding tert-OH is 1. The van der Waals surface area contributed by atoms with Crippen molar-refractivity contribution in [2.75, 3.05) is 13.7 Å². The van der Waals surface area contributed by atoms with Gasteiger partial charge in [0, 0.05) is 19.7 Å². The molecule has 1 fully saturated rings. The average Bonchev–Trinajstić information content (AvgIpc) is 2.16. The molecule has 1 heterocycles. The lowest BCUT2D eigenvalue weighted by atomic mass is 10.00. The van der Waals surface area contributed by atoms with Crippen LogP contribution >= 0.6 is 0 Å². The molecule has 14 heavy (non-hydrogen) atoms. The van der Waals surface area contributed by atoms with E-state index in [1.54, 1.807) is 12.0 Å². The van der Waals surface area contributed by atoms with Crippen molar-refractivity contribution in [3.05, 3.63) is 0 Å². The highest BCUT2D eigenvalue weighted by atomic mass is 16.5. The van der Waals surface area contributed by atoms with E-state index >= 15 is 0 Å². The first-order valence-electron chi connectivity index (χ1n) is 5.07. The molecule has 4 heteroatoms. The van der Waals surface area contributed by atoms with Crippen molar-refractivity contribution in [3.8, 4) is 0 Å². The number of amides is 1. The van der Waals surface area contributed by atoms with Crippen LogP contribution in [0.3, 0.4) is 0 Å². The van der Waals surface area contributed by atoms with Crippen LogP contribution in [-0.2, 0) is 9.53 Å². The van der Waals surface area contributed by atoms with Crippen molar-refractivity contribution in [1.29, 1.82) is 0 Å². The van der Waals surface area contributed by atoms with E-state index in [0.29, 0.717) is 6.54 Å². The van der Waals surface area contributed by atoms with Crippen molar-refractivity contribution in [3.63, 3.8) is 0 Å². The van der Waals surface area contributed by atoms with Crippen LogP contribution in [-0.4, -0.2) is 47.8 Å². The largest absolute Gasteiger partial charge is 0.384 e. The van der Waals surface area contributed by atoms with Gasteiger partial charge in [0.05, 0.1) is 6.10 Å². The molecule has 0 bridgehead atoms. The second-order valence-corrected chi connectivity index (χ2v) is 3.94. The van der Waals surface area contributed by atoms with Crippen LogP contribution in [0.2, 0.25) is 0 Å². The highest BCUT2D eigenvalue weighted by Crippen LogP contribution is 2.19. The average molecular weight is 201 g/mol. The maximum atomic E-state index is 11.5. The Morgan fingerprint density at radius 1 is 1.64 bits per heavy atom. The first-order chi connectivity index (χ1) is 6.56. The number of likely N-dealkylation sites (tertiary alicyclic amines) is 1. The molecule has 1 aliphatic heterocycles. The fourth-order valence-corrected chi connectivity index (χ4v) is 1.91. The predicted octanol–water partition coefficient (Wildman–Crippen LogP) is 0.393. The lowest BCUT2D eigenvalue weighted by molar-refractivity contribution is -0.144. The standard InChI is InChI=1S/C10H19NO3/c1-7-6-9(14-3)4-5-11(7)10(13)8(2)12/h7-9,12H,4-6H2,1-3H3/t7-,8?,9+/m1/s1. The number of hydrogen-bond donors (Lipinski definition) is 1. The van der Waals surface area contributed by atoms with E-state index < -0.39 is 6.10 Å². The number of piperidine rings is 1. The monoisotopic (exact) mass is 201 g/mol. The van der Waals surface area contributed by atoms with Gasteiger partial charge >= 0.3 is 0 Å². The van der Waals surface area contributed by atoms with E-state index in [1.807, 2.05) is 6.92 Å². The van der Waals surface area contributed by atoms with Crippen LogP contribution in [0.1, 0.15) is 26.7 Å². The minimum atomic E-state index is -0.892. The van der Waals surface area contributed by atoms with E-state index in [-0.39, 0.29) is 18.1 Å². The third-order valence-electron chi connectivity index (χ3n) is 2.80. The molecule has 1 aliphatic rings. The number of hydrogen-bond acceptors (Lipinski definition) is 3. The molecule has 0 saturated carbocycles. The zero-order chi connectivity index (χ0) is 10.7. The quantitative estimate of drug-likeness (QED) is 0.703. The van der Waals surface area contributed by atoms with Gasteiger partial charge in [0.25, 0.3) is 5.91 Å². The predicted molar refractivity (Wildman–Crippen MR) is 52.9 cm³/mol. The first-order valence-corrected chi connectivity index (χ1v) is 5.07. The summed E-state index contributed by atoms with van der Waals surface area (Å²) in [5, 5.41) is 9.19. The van der Waals surface area contributed by atoms with Gasteiger partial charge in [-0.2, -0.15) is 0 Å². The number of nitrogens with zero attached hydrogens (tertiary/aromatic N) is 1. The molecule has 0 spiro atoms. The van der Waals surface area contributed by atoms with Gasteiger partial charge in [0.15, 0.2) is 0 Å². The molecule has 0 aromatic heterocycles. The molecule has 0 aromatic carbocycles. The Bertz CT molecular complexity index is 206. The summed E-state index contributed by atoms with van der Waals surface area (Å²) in [6.45, 7) is 4.19. The van der Waals surface area contributed by atoms with E-state index in [0.717, 1.165) is 12.8 Å². The van der Waals surface area contributed by atoms with Gasteiger partial charge in [-0.25, -0.2) is 0 Å². The van der Waals surface area contributed by atoms with Crippen LogP contribution in [0.5, 0.6) is 0 Å². The second-order valence-electron chi connectivity index (χ2n) is 3.94. The van der Waals surface area contributed by atoms with Crippen LogP contribution in [0, 0.1) is 0 Å². The molecule has 3 atom stereocenters. The first kappa shape index (κ1) is 11.5. The Labute approximate surface area is 84.8 Å². The molecule has 1 amide bonds. The van der Waals surface area contributed by atoms with Crippen molar-refractivity contribution in [1.82, 2.24) is 4.90 Å². The topological polar surface area (TPSA) is 49.8 Å². The van der Waals surface area contributed by atoms with Crippen molar-refractivity contribution in [2.24, 2.45) is 0 Å². The second kappa shape index (κ2) is 4.75. The Balaban J connectivity index is 2.53. The zero-order valence-corrected chi connectivity index (χ0v) is 9.06. The van der Waals surface area contributed by atoms with Gasteiger partial charge in [-0.1, -0.05) is 0 Å². The molecule has 0 aliphatic carbocycles. The molecular weight excluding hydrogens is 182 g/mol. The van der Waals surface area contributed by atoms with Gasteiger partial charge in [-0.05, 0) is 26.7 Å². The highest BCUT2D eigenvalue weighted by molar-refractivity contribution is 5.80. The minimum absolute atomic E-state index is 0.163. The van der Waals surface area contributed by atoms with E-state index in [9.17, 15) is 9.90 Å². The van der Waals surface area contributed by atoms with E-state index in [2.05, 4.69) is 0 Å². The maximum absolute atomic E-state index is 11.5. The number of ether oxygens (including phenoxy) is 1. The molecule has 82 valence electrons. The van der Waals surface area contributed by atoms with E-state index in [1.165, 1.54) is 6.92 Å². The number of carbonyl (C=O) groups is 1. The Morgan fingerprint density at radius 2 is 2.29 bits per heavy atom. The number of methoxy groups -OCH3 is 1. The summed E-state index contributed by atoms with van der Waals surface area (Å²) in [6, 6.07) is 0.163. The Kier molecular flexibility index (Phi) is 3.89. The molecule has 1 unspecified atom stereocenters. The van der Waals surface area contributed by atoms with Crippen molar-refractivity contribution in [2.45, 2.75) is 44.9 Å². The third-order valence-corrected chi connectivity index (χ3v) is 2.80. The van der Waals surface area contributed by atoms with Gasteiger partial charge in [-0.15, -0.1) is 0 Å². The molecular formula is C10H19NO3. The normalized spacial score (nSPS) is 30.1. The molecule has 4 nitrogen and oxygen atoms in total. The van der Waals surface area contributed by atoms with Gasteiger partial charge in [0.2, 0.25) is 0 Å². The SMILES string of the molecule is CO[C@H]1CCN(C(=O)C(C)O)[C@H](C)C1. The Morgan fingerprint density at radius 3 is 2.71 bits per heavy atom. The van der Waals surface area contributed by atoms with Crippen LogP contribution in [0.15, 0.2) is 0 Å². The summed E-state index contributed by atoms with van der Waals surface area (Å²) in [6.07, 6.45) is 1.08. The highest BCUT2D eigenvalue weighted by Gasteiger charge is 2.30. The van der Waals surface area contributed by atoms with Crippen molar-refractivity contribution >= 4 is 5.91 Å². The fourth-order valence-electron chi connectivity index (χ4n) is 1.91. The number of aliphatic hydroxyl groups is 1. The number of carbonyl (C=O) groups excluding carboxylic acids is 1. The molecule has 1 N–H and O–H groups in total. The summed E-state index contributed by atoms with van der Waals surface area (Å²) in [7, 11) is 1.70. The summed E-state index contributed by atoms with van der Waals surface area (Å²) in [5.74, 6) is -0.174. The lowest BCUT2D eigenvalue weighted by Crippen LogP contribution is -2.49. The van der Waals surface area contributed by atoms with Gasteiger partial charge < -0.3 is 14.7 Å². The van der Waals surface area contributed by atoms with E-state index in [4.69, 9.17) is 4.74 Å². The van der Waals surface area contributed by atoms with Crippen LogP contribution < -0.4 is 0 Å². The fraction of sp³-hybridized carbons (Fsp3) is 0.900. The molecule has 0 aromatic rings. The van der Waals surface area contributed by atoms with Crippen LogP contribution in [0.25, 0.3) is 0 Å². The number of rotatable bonds is 2. The molecule has 0 radical (unpaired) electrons. The zero-order valence-electron chi connectivity index (χ0n) is 9.06. The Hall–Kier alpha value is -0.610. The lowest BCUT2D eigenvalue weighted by Gasteiger charge is -2.37. The third kappa shape index (κ3) is 2.45. The summed E-state index contributed by atoms with van der Waals surface area (Å²) in [4.78, 5) is 13.3. The molecule has 1 saturated heterocycles. The van der Waals surface area contributed by atoms with Crippen LogP contribution in [0.4, 0.5) is 0 Å². The van der Waals surface area contributed by atoms with Gasteiger partial charge in [0.1, 0.15) is 6.10 Å². The smallest absolute Gasteiger partial charge is 0.251 e. The summed E-state index contributed by atoms with van der Waals surface area (Å²) < 4.78 is 5.25. The summed E-state index contributed by atoms with van der Waals surface area (Å²) >= 11 is 0. The maximum Gasteiger partial charge on any atom is 0.251 e. The van der Waals surface area contributed by atoms with Gasteiger partial charge in [-0.3, -0.25) is 4.79 Å². The summed E-state index contributed by atoms with van der Waals surface area (Å²) in [5.41, 5.74) is 0. The minimum Gasteiger partial charge on any atom is -0.384 e. The van der Waals surface area contributed by atoms with Crippen molar-refractivity contribution < 1.29 is 14.6 Å².